The first-order valence-electron chi connectivity index (χ1n) is 12.7. The second-order valence-electron chi connectivity index (χ2n) is 11.7. The monoisotopic (exact) mass is 494 g/mol. The van der Waals surface area contributed by atoms with E-state index < -0.39 is 20.5 Å². The number of hydrogen-bond acceptors (Lipinski definition) is 6. The van der Waals surface area contributed by atoms with Crippen LogP contribution in [0.15, 0.2) is 42.9 Å². The summed E-state index contributed by atoms with van der Waals surface area (Å²) in [5.41, 5.74) is 3.50. The van der Waals surface area contributed by atoms with Crippen LogP contribution in [0.1, 0.15) is 56.8 Å². The van der Waals surface area contributed by atoms with Gasteiger partial charge in [0.2, 0.25) is 0 Å². The Morgan fingerprint density at radius 1 is 1.11 bits per heavy atom. The zero-order chi connectivity index (χ0) is 25.0. The fraction of sp³-hybridized carbons (Fsp3) is 0.556. The van der Waals surface area contributed by atoms with E-state index in [9.17, 15) is 10.2 Å². The van der Waals surface area contributed by atoms with Crippen LogP contribution in [0.5, 0.6) is 0 Å². The SMILES string of the molecule is CC(C)(C)[Si](C)(C)OCC1CC(n2ccc3c(NC4CCc5ccccc54)ncnc32)C(O)C1O. The highest BCUT2D eigenvalue weighted by atomic mass is 28.4. The van der Waals surface area contributed by atoms with E-state index in [0.717, 1.165) is 29.7 Å². The average molecular weight is 495 g/mol. The van der Waals surface area contributed by atoms with Crippen molar-refractivity contribution in [2.75, 3.05) is 11.9 Å². The molecule has 2 aliphatic carbocycles. The van der Waals surface area contributed by atoms with E-state index in [2.05, 4.69) is 73.4 Å². The Balaban J connectivity index is 1.35. The van der Waals surface area contributed by atoms with E-state index >= 15 is 0 Å². The van der Waals surface area contributed by atoms with Gasteiger partial charge in [-0.25, -0.2) is 9.97 Å². The molecule has 1 aromatic carbocycles. The number of fused-ring (bicyclic) bond motifs is 2. The predicted molar refractivity (Wildman–Crippen MR) is 141 cm³/mol. The van der Waals surface area contributed by atoms with Crippen LogP contribution in [0.3, 0.4) is 0 Å². The van der Waals surface area contributed by atoms with Crippen LogP contribution in [0.4, 0.5) is 5.82 Å². The van der Waals surface area contributed by atoms with Crippen molar-refractivity contribution in [3.05, 3.63) is 54.0 Å². The Morgan fingerprint density at radius 2 is 1.89 bits per heavy atom. The minimum atomic E-state index is -1.94. The first-order valence-corrected chi connectivity index (χ1v) is 15.6. The zero-order valence-corrected chi connectivity index (χ0v) is 22.4. The number of nitrogens with zero attached hydrogens (tertiary/aromatic N) is 3. The number of hydrogen-bond donors (Lipinski definition) is 3. The number of nitrogens with one attached hydrogen (secondary N) is 1. The molecule has 0 spiro atoms. The Kier molecular flexibility index (Phi) is 6.28. The molecule has 0 amide bonds. The highest BCUT2D eigenvalue weighted by Crippen LogP contribution is 2.41. The summed E-state index contributed by atoms with van der Waals surface area (Å²) < 4.78 is 8.40. The number of aromatic nitrogens is 3. The molecule has 0 aliphatic heterocycles. The second-order valence-corrected chi connectivity index (χ2v) is 16.5. The van der Waals surface area contributed by atoms with Crippen molar-refractivity contribution in [3.63, 3.8) is 0 Å². The van der Waals surface area contributed by atoms with Gasteiger partial charge in [0.25, 0.3) is 0 Å². The standard InChI is InChI=1S/C27H38N4O3Si/c1-27(2,3)35(4,5)34-15-18-14-22(24(33)23(18)32)31-13-12-20-25(28-16-29-26(20)31)30-21-11-10-17-8-6-7-9-19(17)21/h6-9,12-13,16,18,21-24,32-33H,10-11,14-15H2,1-5H3,(H,28,29,30). The predicted octanol–water partition coefficient (Wildman–Crippen LogP) is 4.84. The van der Waals surface area contributed by atoms with Crippen molar-refractivity contribution < 1.29 is 14.6 Å². The quantitative estimate of drug-likeness (QED) is 0.425. The van der Waals surface area contributed by atoms with Gasteiger partial charge < -0.3 is 24.5 Å². The number of benzene rings is 1. The van der Waals surface area contributed by atoms with Gasteiger partial charge in [0.05, 0.1) is 23.6 Å². The van der Waals surface area contributed by atoms with Crippen molar-refractivity contribution >= 4 is 25.2 Å². The van der Waals surface area contributed by atoms with Gasteiger partial charge in [-0.1, -0.05) is 45.0 Å². The first-order chi connectivity index (χ1) is 16.6. The summed E-state index contributed by atoms with van der Waals surface area (Å²) >= 11 is 0. The highest BCUT2D eigenvalue weighted by Gasteiger charge is 2.45. The number of aryl methyl sites for hydroxylation is 1. The van der Waals surface area contributed by atoms with Gasteiger partial charge in [-0.2, -0.15) is 0 Å². The van der Waals surface area contributed by atoms with Gasteiger partial charge in [-0.05, 0) is 54.6 Å². The maximum Gasteiger partial charge on any atom is 0.191 e. The molecular weight excluding hydrogens is 456 g/mol. The van der Waals surface area contributed by atoms with E-state index in [-0.39, 0.29) is 23.0 Å². The van der Waals surface area contributed by atoms with Crippen molar-refractivity contribution in [2.45, 2.75) is 82.5 Å². The summed E-state index contributed by atoms with van der Waals surface area (Å²) in [7, 11) is -1.94. The van der Waals surface area contributed by atoms with E-state index in [0.29, 0.717) is 13.0 Å². The van der Waals surface area contributed by atoms with E-state index in [1.165, 1.54) is 11.1 Å². The summed E-state index contributed by atoms with van der Waals surface area (Å²) in [4.78, 5) is 9.11. The Labute approximate surface area is 208 Å². The van der Waals surface area contributed by atoms with Crippen LogP contribution in [-0.4, -0.2) is 51.9 Å². The first kappa shape index (κ1) is 24.4. The summed E-state index contributed by atoms with van der Waals surface area (Å²) in [6.07, 6.45) is 4.60. The van der Waals surface area contributed by atoms with Crippen LogP contribution < -0.4 is 5.32 Å². The summed E-state index contributed by atoms with van der Waals surface area (Å²) in [5, 5.41) is 26.5. The van der Waals surface area contributed by atoms with Gasteiger partial charge in [-0.15, -0.1) is 0 Å². The molecule has 5 atom stereocenters. The number of aliphatic hydroxyl groups is 2. The Bertz CT molecular complexity index is 1200. The third-order valence-electron chi connectivity index (χ3n) is 8.55. The lowest BCUT2D eigenvalue weighted by Crippen LogP contribution is -2.43. The van der Waals surface area contributed by atoms with Crippen LogP contribution >= 0.6 is 0 Å². The third kappa shape index (κ3) is 4.41. The molecule has 2 heterocycles. The summed E-state index contributed by atoms with van der Waals surface area (Å²) in [6.45, 7) is 11.5. The Hall–Kier alpha value is -2.26. The van der Waals surface area contributed by atoms with E-state index in [1.807, 2.05) is 16.8 Å². The summed E-state index contributed by atoms with van der Waals surface area (Å²) in [6, 6.07) is 10.5. The number of aliphatic hydroxyl groups excluding tert-OH is 2. The molecule has 1 fully saturated rings. The molecule has 0 radical (unpaired) electrons. The highest BCUT2D eigenvalue weighted by molar-refractivity contribution is 6.74. The molecule has 7 nitrogen and oxygen atoms in total. The van der Waals surface area contributed by atoms with Crippen molar-refractivity contribution in [1.82, 2.24) is 14.5 Å². The second kappa shape index (κ2) is 8.99. The van der Waals surface area contributed by atoms with Gasteiger partial charge in [-0.3, -0.25) is 0 Å². The maximum absolute atomic E-state index is 11.0. The minimum Gasteiger partial charge on any atom is -0.416 e. The molecule has 1 saturated carbocycles. The molecule has 3 N–H and O–H groups in total. The number of rotatable bonds is 6. The minimum absolute atomic E-state index is 0.103. The average Bonchev–Trinajstić information content (AvgIpc) is 3.49. The molecule has 5 rings (SSSR count). The van der Waals surface area contributed by atoms with Gasteiger partial charge in [0.15, 0.2) is 8.32 Å². The Morgan fingerprint density at radius 3 is 2.66 bits per heavy atom. The van der Waals surface area contributed by atoms with Crippen LogP contribution in [0.25, 0.3) is 11.0 Å². The fourth-order valence-corrected chi connectivity index (χ4v) is 6.36. The summed E-state index contributed by atoms with van der Waals surface area (Å²) in [5.74, 6) is 0.692. The molecule has 3 aromatic rings. The lowest BCUT2D eigenvalue weighted by molar-refractivity contribution is -0.00251. The van der Waals surface area contributed by atoms with Gasteiger partial charge >= 0.3 is 0 Å². The van der Waals surface area contributed by atoms with Crippen LogP contribution in [-0.2, 0) is 10.8 Å². The topological polar surface area (TPSA) is 92.4 Å². The van der Waals surface area contributed by atoms with Gasteiger partial charge in [0, 0.05) is 18.7 Å². The molecule has 35 heavy (non-hydrogen) atoms. The van der Waals surface area contributed by atoms with Crippen LogP contribution in [0.2, 0.25) is 18.1 Å². The molecule has 5 unspecified atom stereocenters. The van der Waals surface area contributed by atoms with Crippen LogP contribution in [0, 0.1) is 5.92 Å². The normalized spacial score (nSPS) is 26.9. The molecule has 2 aromatic heterocycles. The third-order valence-corrected chi connectivity index (χ3v) is 13.0. The van der Waals surface area contributed by atoms with E-state index in [1.54, 1.807) is 6.33 Å². The fourth-order valence-electron chi connectivity index (χ4n) is 5.30. The molecule has 188 valence electrons. The molecular formula is C27H38N4O3Si. The van der Waals surface area contributed by atoms with Gasteiger partial charge in [0.1, 0.15) is 23.9 Å². The van der Waals surface area contributed by atoms with Crippen molar-refractivity contribution in [3.8, 4) is 0 Å². The molecule has 8 heteroatoms. The van der Waals surface area contributed by atoms with Crippen molar-refractivity contribution in [1.29, 1.82) is 0 Å². The van der Waals surface area contributed by atoms with Crippen molar-refractivity contribution in [2.24, 2.45) is 5.92 Å². The van der Waals surface area contributed by atoms with E-state index in [4.69, 9.17) is 4.43 Å². The smallest absolute Gasteiger partial charge is 0.191 e. The lowest BCUT2D eigenvalue weighted by atomic mass is 10.1. The lowest BCUT2D eigenvalue weighted by Gasteiger charge is -2.37. The largest absolute Gasteiger partial charge is 0.416 e. The molecule has 2 aliphatic rings. The molecule has 0 saturated heterocycles. The number of anilines is 1. The maximum atomic E-state index is 11.0. The zero-order valence-electron chi connectivity index (χ0n) is 21.4. The molecule has 0 bridgehead atoms.